The van der Waals surface area contributed by atoms with Gasteiger partial charge in [-0.25, -0.2) is 4.79 Å². The number of carbonyl (C=O) groups excluding carboxylic acids is 1. The van der Waals surface area contributed by atoms with Crippen LogP contribution in [0.25, 0.3) is 6.08 Å². The fourth-order valence-electron chi connectivity index (χ4n) is 3.02. The normalized spacial score (nSPS) is 19.4. The van der Waals surface area contributed by atoms with Crippen molar-refractivity contribution in [1.82, 2.24) is 0 Å². The Morgan fingerprint density at radius 2 is 1.73 bits per heavy atom. The Hall–Kier alpha value is -2.81. The van der Waals surface area contributed by atoms with E-state index in [2.05, 4.69) is 0 Å². The molecule has 108 valence electrons. The lowest BCUT2D eigenvalue weighted by molar-refractivity contribution is -0.144. The van der Waals surface area contributed by atoms with Gasteiger partial charge in [0.25, 0.3) is 0 Å². The van der Waals surface area contributed by atoms with Gasteiger partial charge in [0, 0.05) is 17.6 Å². The van der Waals surface area contributed by atoms with Crippen LogP contribution in [0.2, 0.25) is 0 Å². The summed E-state index contributed by atoms with van der Waals surface area (Å²) in [6, 6.07) is 17.3. The van der Waals surface area contributed by atoms with Gasteiger partial charge in [-0.1, -0.05) is 54.6 Å². The van der Waals surface area contributed by atoms with E-state index in [-0.39, 0.29) is 5.76 Å². The van der Waals surface area contributed by atoms with Crippen molar-refractivity contribution >= 4 is 12.0 Å². The molecule has 0 radical (unpaired) electrons. The summed E-state index contributed by atoms with van der Waals surface area (Å²) in [4.78, 5) is 12.3. The molecule has 0 saturated heterocycles. The van der Waals surface area contributed by atoms with Crippen molar-refractivity contribution in [3.63, 3.8) is 0 Å². The molecule has 3 heteroatoms. The van der Waals surface area contributed by atoms with Gasteiger partial charge in [0.05, 0.1) is 5.57 Å². The van der Waals surface area contributed by atoms with Gasteiger partial charge in [-0.05, 0) is 17.2 Å². The standard InChI is InChI=1S/C19H14O3/c20-17-15-11-13-8-4-5-9-14(13)18(15)22-19(21)16(17)10-12-6-2-1-3-7-12/h1-9,11,18,20H,10H2. The molecule has 0 spiro atoms. The molecular weight excluding hydrogens is 276 g/mol. The van der Waals surface area contributed by atoms with E-state index < -0.39 is 12.1 Å². The maximum atomic E-state index is 12.3. The Balaban J connectivity index is 1.75. The summed E-state index contributed by atoms with van der Waals surface area (Å²) in [5, 5.41) is 10.6. The van der Waals surface area contributed by atoms with Gasteiger partial charge in [-0.3, -0.25) is 0 Å². The van der Waals surface area contributed by atoms with Gasteiger partial charge >= 0.3 is 5.97 Å². The minimum atomic E-state index is -0.483. The van der Waals surface area contributed by atoms with Crippen molar-refractivity contribution < 1.29 is 14.6 Å². The Bertz CT molecular complexity index is 816. The summed E-state index contributed by atoms with van der Waals surface area (Å²) >= 11 is 0. The molecule has 0 amide bonds. The molecule has 2 aromatic rings. The van der Waals surface area contributed by atoms with Crippen LogP contribution in [0.4, 0.5) is 0 Å². The minimum Gasteiger partial charge on any atom is -0.507 e. The van der Waals surface area contributed by atoms with Gasteiger partial charge < -0.3 is 9.84 Å². The summed E-state index contributed by atoms with van der Waals surface area (Å²) in [7, 11) is 0. The average Bonchev–Trinajstić information content (AvgIpc) is 2.91. The molecule has 2 aliphatic rings. The first-order chi connectivity index (χ1) is 10.7. The molecule has 1 aliphatic carbocycles. The molecule has 4 rings (SSSR count). The summed E-state index contributed by atoms with van der Waals surface area (Å²) in [6.45, 7) is 0. The van der Waals surface area contributed by atoms with Gasteiger partial charge in [0.2, 0.25) is 0 Å². The monoisotopic (exact) mass is 290 g/mol. The largest absolute Gasteiger partial charge is 0.507 e. The molecule has 1 atom stereocenters. The van der Waals surface area contributed by atoms with Crippen LogP contribution in [-0.4, -0.2) is 11.1 Å². The van der Waals surface area contributed by atoms with Crippen LogP contribution in [0, 0.1) is 0 Å². The van der Waals surface area contributed by atoms with Crippen LogP contribution in [0.1, 0.15) is 22.8 Å². The molecule has 2 aromatic carbocycles. The van der Waals surface area contributed by atoms with E-state index in [1.54, 1.807) is 0 Å². The van der Waals surface area contributed by atoms with Gasteiger partial charge in [-0.2, -0.15) is 0 Å². The SMILES string of the molecule is O=C1OC2C(=Cc3ccccc32)C(O)=C1Cc1ccccc1. The highest BCUT2D eigenvalue weighted by Gasteiger charge is 2.38. The van der Waals surface area contributed by atoms with Gasteiger partial charge in [0.15, 0.2) is 6.10 Å². The molecule has 1 aliphatic heterocycles. The zero-order valence-corrected chi connectivity index (χ0v) is 11.8. The Morgan fingerprint density at radius 1 is 1.00 bits per heavy atom. The van der Waals surface area contributed by atoms with Crippen molar-refractivity contribution in [3.05, 3.63) is 88.2 Å². The average molecular weight is 290 g/mol. The summed E-state index contributed by atoms with van der Waals surface area (Å²) in [5.41, 5.74) is 3.88. The van der Waals surface area contributed by atoms with Crippen LogP contribution >= 0.6 is 0 Å². The molecule has 1 heterocycles. The zero-order valence-electron chi connectivity index (χ0n) is 11.8. The first-order valence-electron chi connectivity index (χ1n) is 7.22. The van der Waals surface area contributed by atoms with E-state index in [0.717, 1.165) is 16.7 Å². The van der Waals surface area contributed by atoms with E-state index >= 15 is 0 Å². The molecule has 0 aromatic heterocycles. The van der Waals surface area contributed by atoms with E-state index in [1.165, 1.54) is 0 Å². The van der Waals surface area contributed by atoms with Crippen molar-refractivity contribution in [2.75, 3.05) is 0 Å². The number of carbonyl (C=O) groups is 1. The maximum Gasteiger partial charge on any atom is 0.339 e. The molecule has 0 fully saturated rings. The number of aliphatic hydroxyl groups is 1. The number of fused-ring (bicyclic) bond motifs is 3. The number of aliphatic hydroxyl groups excluding tert-OH is 1. The molecule has 0 bridgehead atoms. The lowest BCUT2D eigenvalue weighted by Gasteiger charge is -2.24. The highest BCUT2D eigenvalue weighted by Crippen LogP contribution is 2.44. The predicted molar refractivity (Wildman–Crippen MR) is 83.1 cm³/mol. The molecule has 0 saturated carbocycles. The second-order valence-corrected chi connectivity index (χ2v) is 5.50. The molecular formula is C19H14O3. The van der Waals surface area contributed by atoms with Gasteiger partial charge in [-0.15, -0.1) is 0 Å². The van der Waals surface area contributed by atoms with Crippen LogP contribution in [0.3, 0.4) is 0 Å². The summed E-state index contributed by atoms with van der Waals surface area (Å²) in [5.74, 6) is -0.387. The van der Waals surface area contributed by atoms with Crippen molar-refractivity contribution in [2.24, 2.45) is 0 Å². The van der Waals surface area contributed by atoms with Crippen molar-refractivity contribution in [2.45, 2.75) is 12.5 Å². The van der Waals surface area contributed by atoms with E-state index in [4.69, 9.17) is 4.74 Å². The van der Waals surface area contributed by atoms with Crippen LogP contribution < -0.4 is 0 Å². The lowest BCUT2D eigenvalue weighted by Crippen LogP contribution is -2.23. The van der Waals surface area contributed by atoms with Crippen molar-refractivity contribution in [1.29, 1.82) is 0 Å². The molecule has 22 heavy (non-hydrogen) atoms. The molecule has 1 N–H and O–H groups in total. The number of hydrogen-bond acceptors (Lipinski definition) is 3. The number of ether oxygens (including phenoxy) is 1. The third-order valence-corrected chi connectivity index (χ3v) is 4.13. The number of hydrogen-bond donors (Lipinski definition) is 1. The van der Waals surface area contributed by atoms with E-state index in [0.29, 0.717) is 17.6 Å². The number of rotatable bonds is 2. The van der Waals surface area contributed by atoms with Crippen LogP contribution in [0.15, 0.2) is 71.5 Å². The Kier molecular flexibility index (Phi) is 2.86. The van der Waals surface area contributed by atoms with E-state index in [1.807, 2.05) is 60.7 Å². The van der Waals surface area contributed by atoms with Crippen molar-refractivity contribution in [3.8, 4) is 0 Å². The lowest BCUT2D eigenvalue weighted by atomic mass is 9.96. The molecule has 1 unspecified atom stereocenters. The Morgan fingerprint density at radius 3 is 2.55 bits per heavy atom. The highest BCUT2D eigenvalue weighted by molar-refractivity contribution is 5.94. The quantitative estimate of drug-likeness (QED) is 0.857. The summed E-state index contributed by atoms with van der Waals surface area (Å²) < 4.78 is 5.57. The highest BCUT2D eigenvalue weighted by atomic mass is 16.5. The smallest absolute Gasteiger partial charge is 0.339 e. The second kappa shape index (κ2) is 4.88. The van der Waals surface area contributed by atoms with Crippen LogP contribution in [0.5, 0.6) is 0 Å². The fraction of sp³-hybridized carbons (Fsp3) is 0.105. The third-order valence-electron chi connectivity index (χ3n) is 4.13. The second-order valence-electron chi connectivity index (χ2n) is 5.50. The van der Waals surface area contributed by atoms with E-state index in [9.17, 15) is 9.90 Å². The topological polar surface area (TPSA) is 46.5 Å². The number of esters is 1. The fourth-order valence-corrected chi connectivity index (χ4v) is 3.02. The minimum absolute atomic E-state index is 0.0568. The molecule has 3 nitrogen and oxygen atoms in total. The first-order valence-corrected chi connectivity index (χ1v) is 7.22. The van der Waals surface area contributed by atoms with Gasteiger partial charge in [0.1, 0.15) is 5.76 Å². The zero-order chi connectivity index (χ0) is 15.1. The Labute approximate surface area is 128 Å². The summed E-state index contributed by atoms with van der Waals surface area (Å²) in [6.07, 6.45) is 1.78. The first kappa shape index (κ1) is 12.9. The maximum absolute atomic E-state index is 12.3. The number of benzene rings is 2. The van der Waals surface area contributed by atoms with Crippen LogP contribution in [-0.2, 0) is 16.0 Å². The third kappa shape index (κ3) is 1.94. The predicted octanol–water partition coefficient (Wildman–Crippen LogP) is 3.74.